The summed E-state index contributed by atoms with van der Waals surface area (Å²) < 4.78 is 38.7. The van der Waals surface area contributed by atoms with E-state index in [1.165, 1.54) is 0 Å². The Balaban J connectivity index is 2.38. The van der Waals surface area contributed by atoms with E-state index in [9.17, 15) is 12.6 Å². The van der Waals surface area contributed by atoms with E-state index in [0.717, 1.165) is 5.39 Å². The summed E-state index contributed by atoms with van der Waals surface area (Å²) in [5, 5.41) is 1.14. The fraction of sp³-hybridized carbons (Fsp3) is 0.286. The molecule has 0 bridgehead atoms. The second-order valence-electron chi connectivity index (χ2n) is 4.90. The average molecular weight is 326 g/mol. The lowest BCUT2D eigenvalue weighted by Gasteiger charge is -2.12. The van der Waals surface area contributed by atoms with Gasteiger partial charge in [0.2, 0.25) is 10.0 Å². The minimum Gasteiger partial charge on any atom is -0.399 e. The van der Waals surface area contributed by atoms with E-state index in [1.54, 1.807) is 43.5 Å². The van der Waals surface area contributed by atoms with Crippen LogP contribution in [-0.2, 0) is 20.8 Å². The van der Waals surface area contributed by atoms with Gasteiger partial charge >= 0.3 is 0 Å². The molecule has 21 heavy (non-hydrogen) atoms. The molecule has 2 aromatic carbocycles. The van der Waals surface area contributed by atoms with Gasteiger partial charge in [-0.15, -0.1) is 0 Å². The van der Waals surface area contributed by atoms with E-state index >= 15 is 0 Å². The Labute approximate surface area is 127 Å². The van der Waals surface area contributed by atoms with Crippen LogP contribution >= 0.6 is 0 Å². The molecule has 0 aromatic heterocycles. The van der Waals surface area contributed by atoms with E-state index in [2.05, 4.69) is 4.72 Å². The number of fused-ring (bicyclic) bond motifs is 1. The fourth-order valence-corrected chi connectivity index (χ4v) is 3.71. The molecule has 2 unspecified atom stereocenters. The molecule has 0 aliphatic carbocycles. The van der Waals surface area contributed by atoms with Crippen LogP contribution in [0.2, 0.25) is 0 Å². The summed E-state index contributed by atoms with van der Waals surface area (Å²) in [6.07, 6.45) is 1.56. The molecular formula is C14H18N2O3S2. The van der Waals surface area contributed by atoms with Crippen LogP contribution in [0, 0.1) is 0 Å². The molecule has 0 radical (unpaired) electrons. The maximum absolute atomic E-state index is 12.4. The van der Waals surface area contributed by atoms with Crippen molar-refractivity contribution in [2.75, 3.05) is 18.5 Å². The van der Waals surface area contributed by atoms with Gasteiger partial charge in [0.25, 0.3) is 0 Å². The summed E-state index contributed by atoms with van der Waals surface area (Å²) in [5.41, 5.74) is 6.30. The standard InChI is InChI=1S/C14H18N2O3S2/c1-10(20(2)17)9-16-21(18,19)14-5-3-4-11-8-12(15)6-7-13(11)14/h3-8,10,16H,9,15H2,1-2H3. The zero-order valence-electron chi connectivity index (χ0n) is 11.9. The zero-order chi connectivity index (χ0) is 15.6. The lowest BCUT2D eigenvalue weighted by molar-refractivity contribution is 0.581. The molecule has 0 saturated carbocycles. The molecule has 0 heterocycles. The number of rotatable bonds is 5. The van der Waals surface area contributed by atoms with Crippen molar-refractivity contribution in [3.8, 4) is 0 Å². The number of hydrogen-bond donors (Lipinski definition) is 2. The van der Waals surface area contributed by atoms with Crippen molar-refractivity contribution in [1.82, 2.24) is 4.72 Å². The molecule has 0 fully saturated rings. The van der Waals surface area contributed by atoms with Gasteiger partial charge in [-0.2, -0.15) is 0 Å². The smallest absolute Gasteiger partial charge is 0.241 e. The van der Waals surface area contributed by atoms with Gasteiger partial charge in [0.1, 0.15) is 0 Å². The number of anilines is 1. The van der Waals surface area contributed by atoms with Crippen LogP contribution in [0.25, 0.3) is 10.8 Å². The van der Waals surface area contributed by atoms with Gasteiger partial charge in [0.05, 0.1) is 4.90 Å². The Bertz CT molecular complexity index is 788. The maximum Gasteiger partial charge on any atom is 0.241 e. The van der Waals surface area contributed by atoms with Crippen LogP contribution < -0.4 is 10.5 Å². The van der Waals surface area contributed by atoms with E-state index in [-0.39, 0.29) is 16.7 Å². The molecule has 2 aromatic rings. The number of nitrogens with one attached hydrogen (secondary N) is 1. The Kier molecular flexibility index (Phi) is 4.65. The average Bonchev–Trinajstić information content (AvgIpc) is 2.43. The van der Waals surface area contributed by atoms with Gasteiger partial charge in [-0.25, -0.2) is 13.1 Å². The lowest BCUT2D eigenvalue weighted by atomic mass is 10.1. The first kappa shape index (κ1) is 15.9. The molecule has 0 spiro atoms. The van der Waals surface area contributed by atoms with E-state index in [1.807, 2.05) is 6.07 Å². The summed E-state index contributed by atoms with van der Waals surface area (Å²) in [7, 11) is -4.73. The maximum atomic E-state index is 12.4. The predicted molar refractivity (Wildman–Crippen MR) is 87.1 cm³/mol. The Hall–Kier alpha value is -1.44. The fourth-order valence-electron chi connectivity index (χ4n) is 1.93. The number of sulfonamides is 1. The van der Waals surface area contributed by atoms with Crippen molar-refractivity contribution in [2.45, 2.75) is 17.1 Å². The van der Waals surface area contributed by atoms with Gasteiger partial charge in [0, 0.05) is 39.9 Å². The minimum absolute atomic E-state index is 0.136. The first-order valence-corrected chi connectivity index (χ1v) is 9.52. The highest BCUT2D eigenvalue weighted by Gasteiger charge is 2.18. The van der Waals surface area contributed by atoms with Crippen LogP contribution in [0.15, 0.2) is 41.3 Å². The Morgan fingerprint density at radius 1 is 1.29 bits per heavy atom. The number of benzene rings is 2. The molecule has 0 amide bonds. The third-order valence-electron chi connectivity index (χ3n) is 3.28. The van der Waals surface area contributed by atoms with Crippen LogP contribution in [0.5, 0.6) is 0 Å². The van der Waals surface area contributed by atoms with Crippen molar-refractivity contribution < 1.29 is 12.6 Å². The van der Waals surface area contributed by atoms with Crippen LogP contribution in [-0.4, -0.2) is 30.7 Å². The van der Waals surface area contributed by atoms with E-state index in [0.29, 0.717) is 11.1 Å². The van der Waals surface area contributed by atoms with Crippen LogP contribution in [0.3, 0.4) is 0 Å². The lowest BCUT2D eigenvalue weighted by Crippen LogP contribution is -2.32. The molecule has 0 aliphatic rings. The molecule has 0 aliphatic heterocycles. The topological polar surface area (TPSA) is 89.3 Å². The van der Waals surface area contributed by atoms with Gasteiger partial charge in [-0.05, 0) is 30.5 Å². The van der Waals surface area contributed by atoms with Crippen molar-refractivity contribution in [3.05, 3.63) is 36.4 Å². The Morgan fingerprint density at radius 2 is 2.00 bits per heavy atom. The summed E-state index contributed by atoms with van der Waals surface area (Å²) >= 11 is 0. The first-order chi connectivity index (χ1) is 9.81. The molecule has 2 atom stereocenters. The van der Waals surface area contributed by atoms with Gasteiger partial charge in [0.15, 0.2) is 0 Å². The van der Waals surface area contributed by atoms with Crippen molar-refractivity contribution in [2.24, 2.45) is 0 Å². The normalized spacial score (nSPS) is 15.0. The highest BCUT2D eigenvalue weighted by molar-refractivity contribution is 7.90. The van der Waals surface area contributed by atoms with Crippen molar-refractivity contribution in [1.29, 1.82) is 0 Å². The van der Waals surface area contributed by atoms with Crippen LogP contribution in [0.1, 0.15) is 6.92 Å². The number of nitrogen functional groups attached to an aromatic ring is 1. The third-order valence-corrected chi connectivity index (χ3v) is 6.06. The largest absolute Gasteiger partial charge is 0.399 e. The van der Waals surface area contributed by atoms with E-state index < -0.39 is 20.8 Å². The number of nitrogens with two attached hydrogens (primary N) is 1. The molecule has 0 saturated heterocycles. The second-order valence-corrected chi connectivity index (χ2v) is 8.44. The quantitative estimate of drug-likeness (QED) is 0.814. The zero-order valence-corrected chi connectivity index (χ0v) is 13.5. The van der Waals surface area contributed by atoms with Gasteiger partial charge in [-0.1, -0.05) is 18.2 Å². The minimum atomic E-state index is -3.65. The highest BCUT2D eigenvalue weighted by Crippen LogP contribution is 2.24. The summed E-state index contributed by atoms with van der Waals surface area (Å²) in [6, 6.07) is 10.1. The molecule has 2 rings (SSSR count). The van der Waals surface area contributed by atoms with Crippen molar-refractivity contribution >= 4 is 37.3 Å². The SMILES string of the molecule is CC(CNS(=O)(=O)c1cccc2cc(N)ccc12)S(C)=O. The monoisotopic (exact) mass is 326 g/mol. The third kappa shape index (κ3) is 3.61. The highest BCUT2D eigenvalue weighted by atomic mass is 32.2. The van der Waals surface area contributed by atoms with Crippen molar-refractivity contribution in [3.63, 3.8) is 0 Å². The van der Waals surface area contributed by atoms with Gasteiger partial charge < -0.3 is 5.73 Å². The van der Waals surface area contributed by atoms with Crippen LogP contribution in [0.4, 0.5) is 5.69 Å². The summed E-state index contributed by atoms with van der Waals surface area (Å²) in [4.78, 5) is 0.203. The second kappa shape index (κ2) is 6.13. The number of hydrogen-bond acceptors (Lipinski definition) is 4. The first-order valence-electron chi connectivity index (χ1n) is 6.41. The van der Waals surface area contributed by atoms with E-state index in [4.69, 9.17) is 5.73 Å². The Morgan fingerprint density at radius 3 is 2.67 bits per heavy atom. The summed E-state index contributed by atoms with van der Waals surface area (Å²) in [6.45, 7) is 1.87. The molecule has 3 N–H and O–H groups in total. The molecular weight excluding hydrogens is 308 g/mol. The summed E-state index contributed by atoms with van der Waals surface area (Å²) in [5.74, 6) is 0. The molecule has 7 heteroatoms. The predicted octanol–water partition coefficient (Wildman–Crippen LogP) is 1.47. The molecule has 5 nitrogen and oxygen atoms in total. The van der Waals surface area contributed by atoms with Gasteiger partial charge in [-0.3, -0.25) is 4.21 Å². The molecule has 114 valence electrons.